The Bertz CT molecular complexity index is 1680. The first-order chi connectivity index (χ1) is 19.2. The van der Waals surface area contributed by atoms with Gasteiger partial charge in [-0.1, -0.05) is 78.9 Å². The van der Waals surface area contributed by atoms with Gasteiger partial charge in [0.05, 0.1) is 0 Å². The molecule has 1 unspecified atom stereocenters. The molecular weight excluding hydrogens is 522 g/mol. The Balaban J connectivity index is 1.31. The molecule has 0 fully saturated rings. The van der Waals surface area contributed by atoms with Crippen molar-refractivity contribution < 1.29 is 23.8 Å². The molecule has 0 bridgehead atoms. The van der Waals surface area contributed by atoms with Crippen LogP contribution in [0.5, 0.6) is 0 Å². The van der Waals surface area contributed by atoms with Crippen LogP contribution in [-0.2, 0) is 15.3 Å². The van der Waals surface area contributed by atoms with Crippen LogP contribution in [0.4, 0.5) is 4.79 Å². The van der Waals surface area contributed by atoms with E-state index in [0.29, 0.717) is 5.75 Å². The zero-order valence-electron chi connectivity index (χ0n) is 22.6. The summed E-state index contributed by atoms with van der Waals surface area (Å²) in [5.41, 5.74) is 6.37. The molecule has 0 aliphatic heterocycles. The molecule has 5 rings (SSSR count). The van der Waals surface area contributed by atoms with Gasteiger partial charge in [-0.2, -0.15) is 11.8 Å². The van der Waals surface area contributed by atoms with Crippen LogP contribution in [0.3, 0.4) is 0 Å². The zero-order valence-corrected chi connectivity index (χ0v) is 23.5. The van der Waals surface area contributed by atoms with Crippen molar-refractivity contribution in [2.75, 3.05) is 5.75 Å². The van der Waals surface area contributed by atoms with Crippen LogP contribution < -0.4 is 5.32 Å². The molecule has 40 heavy (non-hydrogen) atoms. The highest BCUT2D eigenvalue weighted by molar-refractivity contribution is 7.98. The third-order valence-electron chi connectivity index (χ3n) is 6.38. The Morgan fingerprint density at radius 3 is 2.33 bits per heavy atom. The Morgan fingerprint density at radius 1 is 0.875 bits per heavy atom. The van der Waals surface area contributed by atoms with E-state index in [2.05, 4.69) is 59.9 Å². The molecule has 6 nitrogen and oxygen atoms in total. The van der Waals surface area contributed by atoms with Gasteiger partial charge < -0.3 is 19.6 Å². The smallest absolute Gasteiger partial charge is 0.408 e. The molecule has 0 aliphatic rings. The lowest BCUT2D eigenvalue weighted by molar-refractivity contribution is -0.138. The average molecular weight is 554 g/mol. The lowest BCUT2D eigenvalue weighted by Crippen LogP contribution is -2.44. The first-order valence-electron chi connectivity index (χ1n) is 13.1. The van der Waals surface area contributed by atoms with E-state index in [1.165, 1.54) is 11.8 Å². The van der Waals surface area contributed by atoms with Gasteiger partial charge in [0, 0.05) is 27.8 Å². The summed E-state index contributed by atoms with van der Waals surface area (Å²) in [6, 6.07) is 29.9. The summed E-state index contributed by atoms with van der Waals surface area (Å²) < 4.78 is 11.5. The highest BCUT2D eigenvalue weighted by atomic mass is 32.2. The molecule has 1 aromatic heterocycles. The number of para-hydroxylation sites is 2. The van der Waals surface area contributed by atoms with Gasteiger partial charge >= 0.3 is 12.1 Å². The second-order valence-electron chi connectivity index (χ2n) is 10.6. The minimum atomic E-state index is -1.09. The van der Waals surface area contributed by atoms with Crippen LogP contribution in [0.2, 0.25) is 0 Å². The molecule has 0 spiro atoms. The van der Waals surface area contributed by atoms with E-state index >= 15 is 0 Å². The third-order valence-corrected chi connectivity index (χ3v) is 7.49. The topological polar surface area (TPSA) is 88.8 Å². The van der Waals surface area contributed by atoms with E-state index in [1.54, 1.807) is 20.8 Å². The number of hydrogen-bond donors (Lipinski definition) is 2. The number of carbonyl (C=O) groups is 2. The van der Waals surface area contributed by atoms with Gasteiger partial charge in [0.1, 0.15) is 22.8 Å². The van der Waals surface area contributed by atoms with Crippen molar-refractivity contribution in [1.29, 1.82) is 0 Å². The number of thioether (sulfide) groups is 1. The maximum atomic E-state index is 12.0. The molecule has 5 aromatic rings. The number of alkyl carbamates (subject to hydrolysis) is 1. The van der Waals surface area contributed by atoms with Crippen molar-refractivity contribution in [3.8, 4) is 22.3 Å². The number of furan rings is 1. The summed E-state index contributed by atoms with van der Waals surface area (Å²) in [5.74, 6) is -0.273. The molecule has 1 heterocycles. The maximum absolute atomic E-state index is 12.0. The summed E-state index contributed by atoms with van der Waals surface area (Å²) in [6.45, 7) is 5.21. The zero-order chi connectivity index (χ0) is 28.3. The fraction of sp³-hybridized carbons (Fsp3) is 0.212. The molecule has 2 N–H and O–H groups in total. The van der Waals surface area contributed by atoms with E-state index in [4.69, 9.17) is 9.15 Å². The molecule has 0 radical (unpaired) electrons. The van der Waals surface area contributed by atoms with Gasteiger partial charge in [-0.15, -0.1) is 0 Å². The number of aliphatic carboxylic acids is 1. The van der Waals surface area contributed by atoms with E-state index in [0.717, 1.165) is 49.8 Å². The van der Waals surface area contributed by atoms with Crippen molar-refractivity contribution in [3.05, 3.63) is 96.6 Å². The summed E-state index contributed by atoms with van der Waals surface area (Å²) in [4.78, 5) is 23.7. The van der Waals surface area contributed by atoms with Crippen LogP contribution in [0.25, 0.3) is 44.2 Å². The van der Waals surface area contributed by atoms with Gasteiger partial charge in [-0.25, -0.2) is 9.59 Å². The van der Waals surface area contributed by atoms with Gasteiger partial charge in [-0.05, 0) is 55.2 Å². The number of amides is 1. The molecule has 204 valence electrons. The normalized spacial score (nSPS) is 12.4. The number of hydrogen-bond acceptors (Lipinski definition) is 5. The lowest BCUT2D eigenvalue weighted by Gasteiger charge is -2.21. The number of rotatable bonds is 8. The molecule has 7 heteroatoms. The minimum Gasteiger partial charge on any atom is -0.480 e. The van der Waals surface area contributed by atoms with Crippen LogP contribution in [-0.4, -0.2) is 34.6 Å². The predicted octanol–water partition coefficient (Wildman–Crippen LogP) is 8.13. The van der Waals surface area contributed by atoms with Gasteiger partial charge in [0.2, 0.25) is 0 Å². The van der Waals surface area contributed by atoms with Gasteiger partial charge in [-0.3, -0.25) is 0 Å². The highest BCUT2D eigenvalue weighted by Gasteiger charge is 2.24. The van der Waals surface area contributed by atoms with Crippen LogP contribution in [0.15, 0.2) is 95.4 Å². The number of carboxylic acid groups (broad SMARTS) is 1. The Labute approximate surface area is 237 Å². The summed E-state index contributed by atoms with van der Waals surface area (Å²) in [6.07, 6.45) is -0.735. The van der Waals surface area contributed by atoms with E-state index in [-0.39, 0.29) is 5.75 Å². The van der Waals surface area contributed by atoms with Crippen molar-refractivity contribution in [2.24, 2.45) is 0 Å². The molecular formula is C33H31NO5S. The number of nitrogens with one attached hydrogen (secondary N) is 1. The van der Waals surface area contributed by atoms with Crippen molar-refractivity contribution >= 4 is 45.8 Å². The summed E-state index contributed by atoms with van der Waals surface area (Å²) >= 11 is 1.45. The SMILES string of the molecule is CC(C)(C)OC(=O)NC(CSCc1cccc(-c2cccc(-c3cccc4c3oc3ccccc34)c2)c1)C(=O)O. The van der Waals surface area contributed by atoms with E-state index in [1.807, 2.05) is 36.4 Å². The molecule has 0 saturated heterocycles. The van der Waals surface area contributed by atoms with Crippen molar-refractivity contribution in [2.45, 2.75) is 38.2 Å². The number of carbonyl (C=O) groups excluding carboxylic acids is 1. The second-order valence-corrected chi connectivity index (χ2v) is 11.6. The summed E-state index contributed by atoms with van der Waals surface area (Å²) in [5, 5.41) is 14.2. The molecule has 0 saturated carbocycles. The Kier molecular flexibility index (Phi) is 7.85. The van der Waals surface area contributed by atoms with Crippen molar-refractivity contribution in [3.63, 3.8) is 0 Å². The average Bonchev–Trinajstić information content (AvgIpc) is 3.31. The second kappa shape index (κ2) is 11.5. The van der Waals surface area contributed by atoms with Gasteiger partial charge in [0.15, 0.2) is 0 Å². The number of ether oxygens (including phenoxy) is 1. The van der Waals surface area contributed by atoms with E-state index < -0.39 is 23.7 Å². The number of carboxylic acids is 1. The minimum absolute atomic E-state index is 0.218. The molecule has 1 atom stereocenters. The van der Waals surface area contributed by atoms with Crippen LogP contribution >= 0.6 is 11.8 Å². The fourth-order valence-corrected chi connectivity index (χ4v) is 5.60. The van der Waals surface area contributed by atoms with Crippen molar-refractivity contribution in [1.82, 2.24) is 5.32 Å². The Hall–Kier alpha value is -4.23. The van der Waals surface area contributed by atoms with E-state index in [9.17, 15) is 14.7 Å². The van der Waals surface area contributed by atoms with Gasteiger partial charge in [0.25, 0.3) is 0 Å². The summed E-state index contributed by atoms with van der Waals surface area (Å²) in [7, 11) is 0. The standard InChI is InChI=1S/C33H31NO5S/c1-33(2,3)39-32(37)34-28(31(35)36)20-40-19-21-9-6-10-22(17-21)23-11-7-12-24(18-23)25-14-8-15-27-26-13-4-5-16-29(26)38-30(25)27/h4-18,28H,19-20H2,1-3H3,(H,34,37)(H,35,36). The fourth-order valence-electron chi connectivity index (χ4n) is 4.60. The first kappa shape index (κ1) is 27.3. The Morgan fingerprint density at radius 2 is 1.55 bits per heavy atom. The molecule has 1 amide bonds. The highest BCUT2D eigenvalue weighted by Crippen LogP contribution is 2.37. The largest absolute Gasteiger partial charge is 0.480 e. The predicted molar refractivity (Wildman–Crippen MR) is 162 cm³/mol. The third kappa shape index (κ3) is 6.32. The first-order valence-corrected chi connectivity index (χ1v) is 14.2. The monoisotopic (exact) mass is 553 g/mol. The van der Waals surface area contributed by atoms with Crippen LogP contribution in [0.1, 0.15) is 26.3 Å². The number of fused-ring (bicyclic) bond motifs is 3. The number of benzene rings is 4. The quantitative estimate of drug-likeness (QED) is 0.202. The molecule has 4 aromatic carbocycles. The lowest BCUT2D eigenvalue weighted by atomic mass is 9.97. The maximum Gasteiger partial charge on any atom is 0.408 e. The molecule has 0 aliphatic carbocycles. The van der Waals surface area contributed by atoms with Crippen LogP contribution in [0, 0.1) is 0 Å².